The molecule has 0 atom stereocenters. The summed E-state index contributed by atoms with van der Waals surface area (Å²) in [6.07, 6.45) is -0.499. The number of likely N-dealkylation sites (N-methyl/N-ethyl adjacent to an activating group) is 2. The van der Waals surface area contributed by atoms with Crippen LogP contribution >= 0.6 is 0 Å². The third-order valence-electron chi connectivity index (χ3n) is 1.36. The number of carbonyl (C=O) groups is 2. The number of hydrogen-bond acceptors (Lipinski definition) is 3. The Hall–Kier alpha value is -1.26. The first-order valence-corrected chi connectivity index (χ1v) is 4.41. The number of amides is 2. The van der Waals surface area contributed by atoms with E-state index in [1.54, 1.807) is 20.8 Å². The van der Waals surface area contributed by atoms with Crippen molar-refractivity contribution in [1.29, 1.82) is 0 Å². The molecular weight excluding hydrogens is 184 g/mol. The van der Waals surface area contributed by atoms with Gasteiger partial charge in [0.2, 0.25) is 5.91 Å². The zero-order chi connectivity index (χ0) is 11.4. The van der Waals surface area contributed by atoms with Gasteiger partial charge in [0.05, 0.1) is 0 Å². The van der Waals surface area contributed by atoms with Gasteiger partial charge in [-0.25, -0.2) is 4.79 Å². The molecule has 5 heteroatoms. The molecule has 0 aromatic carbocycles. The molecule has 0 aromatic heterocycles. The van der Waals surface area contributed by atoms with Crippen molar-refractivity contribution in [1.82, 2.24) is 10.2 Å². The second kappa shape index (κ2) is 4.83. The summed E-state index contributed by atoms with van der Waals surface area (Å²) in [6.45, 7) is 5.33. The van der Waals surface area contributed by atoms with Crippen molar-refractivity contribution in [3.63, 3.8) is 0 Å². The summed E-state index contributed by atoms with van der Waals surface area (Å²) < 4.78 is 5.05. The van der Waals surface area contributed by atoms with Crippen molar-refractivity contribution >= 4 is 12.0 Å². The molecule has 1 N–H and O–H groups in total. The fourth-order valence-electron chi connectivity index (χ4n) is 0.699. The summed E-state index contributed by atoms with van der Waals surface area (Å²) >= 11 is 0. The smallest absolute Gasteiger partial charge is 0.410 e. The first-order valence-electron chi connectivity index (χ1n) is 4.41. The van der Waals surface area contributed by atoms with Crippen molar-refractivity contribution in [3.8, 4) is 0 Å². The second-order valence-corrected chi connectivity index (χ2v) is 4.01. The SMILES string of the molecule is CNC(=O)CN(C)C(=O)OC(C)(C)C. The Morgan fingerprint density at radius 1 is 1.36 bits per heavy atom. The third-order valence-corrected chi connectivity index (χ3v) is 1.36. The lowest BCUT2D eigenvalue weighted by Crippen LogP contribution is -2.40. The van der Waals surface area contributed by atoms with Crippen molar-refractivity contribution in [2.75, 3.05) is 20.6 Å². The normalized spacial score (nSPS) is 10.6. The van der Waals surface area contributed by atoms with Crippen LogP contribution in [0.5, 0.6) is 0 Å². The quantitative estimate of drug-likeness (QED) is 0.713. The fourth-order valence-corrected chi connectivity index (χ4v) is 0.699. The maximum Gasteiger partial charge on any atom is 0.410 e. The predicted octanol–water partition coefficient (Wildman–Crippen LogP) is 0.599. The summed E-state index contributed by atoms with van der Waals surface area (Å²) in [5, 5.41) is 2.43. The van der Waals surface area contributed by atoms with E-state index in [0.717, 1.165) is 0 Å². The lowest BCUT2D eigenvalue weighted by atomic mass is 10.2. The summed E-state index contributed by atoms with van der Waals surface area (Å²) in [5.74, 6) is -0.224. The largest absolute Gasteiger partial charge is 0.444 e. The average molecular weight is 202 g/mol. The minimum atomic E-state index is -0.534. The van der Waals surface area contributed by atoms with E-state index in [0.29, 0.717) is 0 Å². The van der Waals surface area contributed by atoms with E-state index < -0.39 is 11.7 Å². The fraction of sp³-hybridized carbons (Fsp3) is 0.778. The molecule has 0 aliphatic heterocycles. The molecule has 14 heavy (non-hydrogen) atoms. The zero-order valence-corrected chi connectivity index (χ0v) is 9.38. The molecule has 0 spiro atoms. The van der Waals surface area contributed by atoms with Crippen LogP contribution in [-0.4, -0.2) is 43.1 Å². The number of hydrogen-bond donors (Lipinski definition) is 1. The molecule has 82 valence electrons. The van der Waals surface area contributed by atoms with Gasteiger partial charge in [0.25, 0.3) is 0 Å². The van der Waals surface area contributed by atoms with Gasteiger partial charge < -0.3 is 15.0 Å². The predicted molar refractivity (Wildman–Crippen MR) is 52.9 cm³/mol. The van der Waals surface area contributed by atoms with Gasteiger partial charge in [-0.05, 0) is 20.8 Å². The maximum atomic E-state index is 11.3. The molecular formula is C9H18N2O3. The van der Waals surface area contributed by atoms with Gasteiger partial charge >= 0.3 is 6.09 Å². The molecule has 0 aromatic rings. The first-order chi connectivity index (χ1) is 6.26. The van der Waals surface area contributed by atoms with E-state index in [4.69, 9.17) is 4.74 Å². The van der Waals surface area contributed by atoms with Crippen LogP contribution in [0.1, 0.15) is 20.8 Å². The van der Waals surface area contributed by atoms with Crippen molar-refractivity contribution < 1.29 is 14.3 Å². The van der Waals surface area contributed by atoms with E-state index in [2.05, 4.69) is 5.32 Å². The monoisotopic (exact) mass is 202 g/mol. The van der Waals surface area contributed by atoms with Gasteiger partial charge in [0, 0.05) is 14.1 Å². The molecule has 0 heterocycles. The zero-order valence-electron chi connectivity index (χ0n) is 9.38. The van der Waals surface area contributed by atoms with Crippen LogP contribution in [0.3, 0.4) is 0 Å². The van der Waals surface area contributed by atoms with Crippen LogP contribution in [0.2, 0.25) is 0 Å². The Kier molecular flexibility index (Phi) is 4.40. The van der Waals surface area contributed by atoms with E-state index in [9.17, 15) is 9.59 Å². The van der Waals surface area contributed by atoms with Crippen molar-refractivity contribution in [3.05, 3.63) is 0 Å². The highest BCUT2D eigenvalue weighted by Gasteiger charge is 2.20. The molecule has 0 saturated heterocycles. The Labute approximate surface area is 84.4 Å². The Morgan fingerprint density at radius 3 is 2.21 bits per heavy atom. The van der Waals surface area contributed by atoms with Gasteiger partial charge in [-0.15, -0.1) is 0 Å². The number of nitrogens with zero attached hydrogens (tertiary/aromatic N) is 1. The molecule has 0 radical (unpaired) electrons. The Bertz CT molecular complexity index is 221. The summed E-state index contributed by atoms with van der Waals surface area (Å²) in [4.78, 5) is 23.5. The number of carbonyl (C=O) groups excluding carboxylic acids is 2. The number of nitrogens with one attached hydrogen (secondary N) is 1. The van der Waals surface area contributed by atoms with Gasteiger partial charge in [0.15, 0.2) is 0 Å². The highest BCUT2D eigenvalue weighted by atomic mass is 16.6. The van der Waals surface area contributed by atoms with Crippen molar-refractivity contribution in [2.24, 2.45) is 0 Å². The highest BCUT2D eigenvalue weighted by molar-refractivity contribution is 5.81. The molecule has 0 aliphatic rings. The lowest BCUT2D eigenvalue weighted by molar-refractivity contribution is -0.121. The van der Waals surface area contributed by atoms with Crippen LogP contribution in [0.15, 0.2) is 0 Å². The maximum absolute atomic E-state index is 11.3. The molecule has 0 unspecified atom stereocenters. The van der Waals surface area contributed by atoms with E-state index in [1.807, 2.05) is 0 Å². The first kappa shape index (κ1) is 12.7. The third kappa shape index (κ3) is 5.40. The van der Waals surface area contributed by atoms with Crippen LogP contribution in [-0.2, 0) is 9.53 Å². The summed E-state index contributed by atoms with van der Waals surface area (Å²) in [6, 6.07) is 0. The highest BCUT2D eigenvalue weighted by Crippen LogP contribution is 2.08. The summed E-state index contributed by atoms with van der Waals surface area (Å²) in [7, 11) is 3.04. The number of rotatable bonds is 2. The topological polar surface area (TPSA) is 58.6 Å². The van der Waals surface area contributed by atoms with Crippen LogP contribution < -0.4 is 5.32 Å². The molecule has 0 aliphatic carbocycles. The van der Waals surface area contributed by atoms with Crippen LogP contribution in [0.4, 0.5) is 4.79 Å². The molecule has 0 saturated carbocycles. The Balaban J connectivity index is 4.07. The minimum absolute atomic E-state index is 0.00537. The van der Waals surface area contributed by atoms with E-state index in [-0.39, 0.29) is 12.5 Å². The number of ether oxygens (including phenoxy) is 1. The minimum Gasteiger partial charge on any atom is -0.444 e. The van der Waals surface area contributed by atoms with Gasteiger partial charge in [-0.1, -0.05) is 0 Å². The van der Waals surface area contributed by atoms with E-state index >= 15 is 0 Å². The van der Waals surface area contributed by atoms with Crippen molar-refractivity contribution in [2.45, 2.75) is 26.4 Å². The molecule has 0 fully saturated rings. The second-order valence-electron chi connectivity index (χ2n) is 4.01. The molecule has 0 rings (SSSR count). The van der Waals surface area contributed by atoms with Crippen LogP contribution in [0, 0.1) is 0 Å². The lowest BCUT2D eigenvalue weighted by Gasteiger charge is -2.24. The molecule has 5 nitrogen and oxygen atoms in total. The van der Waals surface area contributed by atoms with Gasteiger partial charge in [-0.3, -0.25) is 4.79 Å². The standard InChI is InChI=1S/C9H18N2O3/c1-9(2,3)14-8(13)11(5)6-7(12)10-4/h6H2,1-5H3,(H,10,12). The van der Waals surface area contributed by atoms with Crippen LogP contribution in [0.25, 0.3) is 0 Å². The van der Waals surface area contributed by atoms with Gasteiger partial charge in [0.1, 0.15) is 12.1 Å². The van der Waals surface area contributed by atoms with Gasteiger partial charge in [-0.2, -0.15) is 0 Å². The molecule has 2 amide bonds. The average Bonchev–Trinajstić information content (AvgIpc) is 2.00. The summed E-state index contributed by atoms with van der Waals surface area (Å²) in [5.41, 5.74) is -0.534. The van der Waals surface area contributed by atoms with E-state index in [1.165, 1.54) is 19.0 Å². The molecule has 0 bridgehead atoms. The Morgan fingerprint density at radius 2 is 1.86 bits per heavy atom.